The molecule has 0 aromatic heterocycles. The average molecular weight is 681 g/mol. The Morgan fingerprint density at radius 1 is 1.12 bits per heavy atom. The number of likely N-dealkylation sites (tertiary alicyclic amines) is 1. The van der Waals surface area contributed by atoms with Gasteiger partial charge in [-0.1, -0.05) is 25.5 Å². The van der Waals surface area contributed by atoms with Crippen molar-refractivity contribution in [1.82, 2.24) is 14.7 Å². The number of anilines is 1. The Labute approximate surface area is 288 Å². The molecule has 0 aliphatic carbocycles. The van der Waals surface area contributed by atoms with Crippen molar-refractivity contribution in [3.8, 4) is 17.2 Å². The summed E-state index contributed by atoms with van der Waals surface area (Å²) in [5.41, 5.74) is 2.61. The SMILES string of the molecule is CCCCN(C(=O)CN1C[C@H](c2cc(OC)c3c(c2)OCO3)C(C(=O)O)[C@@H]1CCN1C(=O)CCN(C)C1=O)c1cccc(C[N+](C)(C)C)c1. The highest BCUT2D eigenvalue weighted by molar-refractivity contribution is 5.97. The van der Waals surface area contributed by atoms with Gasteiger partial charge in [-0.05, 0) is 42.7 Å². The van der Waals surface area contributed by atoms with Crippen LogP contribution in [0.3, 0.4) is 0 Å². The molecular weight excluding hydrogens is 630 g/mol. The number of quaternary nitrogens is 1. The Morgan fingerprint density at radius 2 is 1.90 bits per heavy atom. The maximum atomic E-state index is 14.3. The maximum absolute atomic E-state index is 14.3. The number of ether oxygens (including phenoxy) is 3. The molecule has 2 aromatic rings. The number of carboxylic acid groups (broad SMARTS) is 1. The Morgan fingerprint density at radius 3 is 2.59 bits per heavy atom. The standard InChI is InChI=1S/C36H49N5O8/c1-7-8-14-39(26-11-9-10-24(17-26)22-41(3,4)5)32(43)21-38-20-27(25-18-29(47-6)34-30(19-25)48-23-49-34)33(35(44)45)28(38)12-16-40-31(42)13-15-37(2)36(40)46/h9-11,17-19,27-28,33H,7-8,12-16,20-23H2,1-6H3/p+1/t27-,28+,33?/m1/s1. The summed E-state index contributed by atoms with van der Waals surface area (Å²) in [7, 11) is 9.52. The van der Waals surface area contributed by atoms with Crippen molar-refractivity contribution >= 4 is 29.5 Å². The van der Waals surface area contributed by atoms with Crippen molar-refractivity contribution in [2.75, 3.05) is 79.7 Å². The monoisotopic (exact) mass is 680 g/mol. The number of amides is 4. The van der Waals surface area contributed by atoms with Crippen LogP contribution < -0.4 is 19.1 Å². The molecule has 2 saturated heterocycles. The molecule has 3 aliphatic heterocycles. The molecular formula is C36H50N5O8+. The number of carbonyl (C=O) groups excluding carboxylic acids is 3. The highest BCUT2D eigenvalue weighted by atomic mass is 16.7. The molecule has 3 atom stereocenters. The molecule has 2 fully saturated rings. The number of hydrogen-bond acceptors (Lipinski definition) is 8. The quantitative estimate of drug-likeness (QED) is 0.298. The van der Waals surface area contributed by atoms with Gasteiger partial charge in [0.2, 0.25) is 24.4 Å². The minimum Gasteiger partial charge on any atom is -0.493 e. The summed E-state index contributed by atoms with van der Waals surface area (Å²) in [6.07, 6.45) is 2.10. The molecule has 3 heterocycles. The molecule has 13 heteroatoms. The summed E-state index contributed by atoms with van der Waals surface area (Å²) in [5.74, 6) is -1.56. The predicted molar refractivity (Wildman–Crippen MR) is 183 cm³/mol. The number of nitrogens with zero attached hydrogens (tertiary/aromatic N) is 5. The van der Waals surface area contributed by atoms with E-state index in [1.54, 1.807) is 24.1 Å². The third kappa shape index (κ3) is 8.10. The molecule has 1 unspecified atom stereocenters. The van der Waals surface area contributed by atoms with E-state index >= 15 is 0 Å². The first-order chi connectivity index (χ1) is 23.3. The van der Waals surface area contributed by atoms with Gasteiger partial charge in [0.1, 0.15) is 6.54 Å². The minimum absolute atomic E-state index is 0.0291. The summed E-state index contributed by atoms with van der Waals surface area (Å²) in [6.45, 7) is 4.05. The Bertz CT molecular complexity index is 1560. The van der Waals surface area contributed by atoms with Crippen molar-refractivity contribution in [2.45, 2.75) is 51.1 Å². The molecule has 49 heavy (non-hydrogen) atoms. The summed E-state index contributed by atoms with van der Waals surface area (Å²) >= 11 is 0. The van der Waals surface area contributed by atoms with Crippen LogP contribution in [0.25, 0.3) is 0 Å². The van der Waals surface area contributed by atoms with Crippen molar-refractivity contribution in [3.63, 3.8) is 0 Å². The van der Waals surface area contributed by atoms with Gasteiger partial charge in [-0.2, -0.15) is 0 Å². The van der Waals surface area contributed by atoms with Crippen LogP contribution in [0, 0.1) is 5.92 Å². The van der Waals surface area contributed by atoms with E-state index in [2.05, 4.69) is 40.2 Å². The lowest BCUT2D eigenvalue weighted by Crippen LogP contribution is -2.52. The van der Waals surface area contributed by atoms with Crippen LogP contribution in [0.15, 0.2) is 36.4 Å². The third-order valence-electron chi connectivity index (χ3n) is 9.56. The second-order valence-corrected chi connectivity index (χ2v) is 14.2. The van der Waals surface area contributed by atoms with Gasteiger partial charge in [0.25, 0.3) is 0 Å². The second-order valence-electron chi connectivity index (χ2n) is 14.2. The van der Waals surface area contributed by atoms with Crippen LogP contribution >= 0.6 is 0 Å². The Balaban J connectivity index is 1.48. The van der Waals surface area contributed by atoms with E-state index in [-0.39, 0.29) is 51.1 Å². The number of urea groups is 1. The topological polar surface area (TPSA) is 129 Å². The molecule has 4 amide bonds. The third-order valence-corrected chi connectivity index (χ3v) is 9.56. The molecule has 2 aromatic carbocycles. The zero-order chi connectivity index (χ0) is 35.5. The summed E-state index contributed by atoms with van der Waals surface area (Å²) < 4.78 is 17.6. The van der Waals surface area contributed by atoms with Gasteiger partial charge >= 0.3 is 12.0 Å². The number of fused-ring (bicyclic) bond motifs is 1. The van der Waals surface area contributed by atoms with Gasteiger partial charge in [-0.3, -0.25) is 24.2 Å². The van der Waals surface area contributed by atoms with E-state index in [0.29, 0.717) is 35.9 Å². The van der Waals surface area contributed by atoms with Crippen LogP contribution in [0.1, 0.15) is 49.7 Å². The zero-order valence-corrected chi connectivity index (χ0v) is 29.5. The average Bonchev–Trinajstić information content (AvgIpc) is 3.67. The molecule has 0 saturated carbocycles. The smallest absolute Gasteiger partial charge is 0.326 e. The molecule has 5 rings (SSSR count). The van der Waals surface area contributed by atoms with E-state index < -0.39 is 29.9 Å². The first-order valence-corrected chi connectivity index (χ1v) is 17.0. The Hall–Kier alpha value is -4.36. The first-order valence-electron chi connectivity index (χ1n) is 17.0. The lowest BCUT2D eigenvalue weighted by Gasteiger charge is -2.34. The highest BCUT2D eigenvalue weighted by Crippen LogP contribution is 2.47. The van der Waals surface area contributed by atoms with Gasteiger partial charge in [0.05, 0.1) is 40.7 Å². The number of benzene rings is 2. The van der Waals surface area contributed by atoms with Crippen molar-refractivity contribution in [1.29, 1.82) is 0 Å². The van der Waals surface area contributed by atoms with Crippen molar-refractivity contribution < 1.29 is 43.0 Å². The predicted octanol–water partition coefficient (Wildman–Crippen LogP) is 3.61. The van der Waals surface area contributed by atoms with E-state index in [1.165, 1.54) is 16.9 Å². The number of unbranched alkanes of at least 4 members (excludes halogenated alkanes) is 1. The van der Waals surface area contributed by atoms with E-state index in [1.807, 2.05) is 17.0 Å². The zero-order valence-electron chi connectivity index (χ0n) is 29.5. The Kier molecular flexibility index (Phi) is 11.0. The molecule has 1 N–H and O–H groups in total. The number of aliphatic carboxylic acids is 1. The van der Waals surface area contributed by atoms with Crippen LogP contribution in [0.5, 0.6) is 17.2 Å². The fourth-order valence-electron chi connectivity index (χ4n) is 7.19. The number of methoxy groups -OCH3 is 1. The van der Waals surface area contributed by atoms with Crippen LogP contribution in [-0.4, -0.2) is 129 Å². The van der Waals surface area contributed by atoms with E-state index in [0.717, 1.165) is 35.1 Å². The molecule has 13 nitrogen and oxygen atoms in total. The largest absolute Gasteiger partial charge is 0.493 e. The summed E-state index contributed by atoms with van der Waals surface area (Å²) in [5, 5.41) is 10.7. The summed E-state index contributed by atoms with van der Waals surface area (Å²) in [6, 6.07) is 10.5. The number of carboxylic acids is 1. The molecule has 0 bridgehead atoms. The first kappa shape index (κ1) is 35.9. The fraction of sp³-hybridized carbons (Fsp3) is 0.556. The van der Waals surface area contributed by atoms with Gasteiger partial charge in [-0.25, -0.2) is 4.79 Å². The minimum atomic E-state index is -1.02. The second kappa shape index (κ2) is 15.0. The van der Waals surface area contributed by atoms with Crippen molar-refractivity contribution in [2.24, 2.45) is 5.92 Å². The normalized spacial score (nSPS) is 21.0. The number of rotatable bonds is 14. The number of hydrogen-bond donors (Lipinski definition) is 1. The van der Waals surface area contributed by atoms with E-state index in [9.17, 15) is 24.3 Å². The van der Waals surface area contributed by atoms with Crippen molar-refractivity contribution in [3.05, 3.63) is 47.5 Å². The van der Waals surface area contributed by atoms with Gasteiger partial charge in [0.15, 0.2) is 11.5 Å². The van der Waals surface area contributed by atoms with Crippen LogP contribution in [0.2, 0.25) is 0 Å². The maximum Gasteiger partial charge on any atom is 0.326 e. The number of carbonyl (C=O) groups is 4. The molecule has 0 radical (unpaired) electrons. The lowest BCUT2D eigenvalue weighted by atomic mass is 9.84. The molecule has 0 spiro atoms. The molecule has 3 aliphatic rings. The highest BCUT2D eigenvalue weighted by Gasteiger charge is 2.48. The van der Waals surface area contributed by atoms with Crippen LogP contribution in [0.4, 0.5) is 10.5 Å². The fourth-order valence-corrected chi connectivity index (χ4v) is 7.19. The van der Waals surface area contributed by atoms with Gasteiger partial charge in [0, 0.05) is 62.9 Å². The van der Waals surface area contributed by atoms with Gasteiger partial charge in [-0.15, -0.1) is 0 Å². The lowest BCUT2D eigenvalue weighted by molar-refractivity contribution is -0.884. The van der Waals surface area contributed by atoms with Gasteiger partial charge < -0.3 is 33.6 Å². The number of imide groups is 1. The summed E-state index contributed by atoms with van der Waals surface area (Å²) in [4.78, 5) is 59.6. The van der Waals surface area contributed by atoms with E-state index in [4.69, 9.17) is 14.2 Å². The van der Waals surface area contributed by atoms with Crippen LogP contribution in [-0.2, 0) is 20.9 Å². The molecule has 266 valence electrons.